The third-order valence-electron chi connectivity index (χ3n) is 6.32. The summed E-state index contributed by atoms with van der Waals surface area (Å²) in [5.74, 6) is -0.230. The van der Waals surface area contributed by atoms with E-state index in [1.54, 1.807) is 4.57 Å². The minimum atomic E-state index is -1.05. The van der Waals surface area contributed by atoms with E-state index in [1.165, 1.54) is 12.1 Å². The van der Waals surface area contributed by atoms with Crippen LogP contribution in [0.5, 0.6) is 0 Å². The number of fused-ring (bicyclic) bond motifs is 1. The second-order valence-electron chi connectivity index (χ2n) is 8.27. The van der Waals surface area contributed by atoms with Gasteiger partial charge in [-0.25, -0.2) is 9.18 Å². The number of halogens is 1. The summed E-state index contributed by atoms with van der Waals surface area (Å²) in [4.78, 5) is 25.7. The summed E-state index contributed by atoms with van der Waals surface area (Å²) < 4.78 is 17.1. The normalized spacial score (nSPS) is 20.3. The third-order valence-corrected chi connectivity index (χ3v) is 6.32. The van der Waals surface area contributed by atoms with Crippen LogP contribution in [0, 0.1) is 18.7 Å². The lowest BCUT2D eigenvalue weighted by molar-refractivity contribution is 0.186. The van der Waals surface area contributed by atoms with E-state index >= 15 is 4.39 Å². The second kappa shape index (κ2) is 7.33. The number of amides is 1. The molecule has 2 fully saturated rings. The Morgan fingerprint density at radius 3 is 2.72 bits per heavy atom. The molecule has 2 aliphatic rings. The van der Waals surface area contributed by atoms with Gasteiger partial charge in [-0.3, -0.25) is 4.79 Å². The number of aryl methyl sites for hydroxylation is 1. The molecule has 4 rings (SSSR count). The zero-order valence-electron chi connectivity index (χ0n) is 16.7. The summed E-state index contributed by atoms with van der Waals surface area (Å²) in [6.45, 7) is 5.09. The van der Waals surface area contributed by atoms with E-state index in [-0.39, 0.29) is 35.9 Å². The van der Waals surface area contributed by atoms with E-state index in [1.807, 2.05) is 18.7 Å². The first-order valence-corrected chi connectivity index (χ1v) is 10.1. The number of carbonyl (C=O) groups is 1. The van der Waals surface area contributed by atoms with Gasteiger partial charge in [-0.1, -0.05) is 0 Å². The molecule has 0 radical (unpaired) electrons. The van der Waals surface area contributed by atoms with Crippen molar-refractivity contribution in [1.82, 2.24) is 9.88 Å². The van der Waals surface area contributed by atoms with Gasteiger partial charge in [0.1, 0.15) is 5.82 Å². The van der Waals surface area contributed by atoms with Crippen LogP contribution in [0.4, 0.5) is 14.9 Å². The van der Waals surface area contributed by atoms with Crippen molar-refractivity contribution < 1.29 is 14.3 Å². The van der Waals surface area contributed by atoms with Gasteiger partial charge in [0.2, 0.25) is 0 Å². The van der Waals surface area contributed by atoms with Crippen molar-refractivity contribution in [3.63, 3.8) is 0 Å². The van der Waals surface area contributed by atoms with Gasteiger partial charge >= 0.3 is 6.09 Å². The fraction of sp³-hybridized carbons (Fsp3) is 0.524. The highest BCUT2D eigenvalue weighted by Gasteiger charge is 2.33. The monoisotopic (exact) mass is 402 g/mol. The number of rotatable bonds is 5. The highest BCUT2D eigenvalue weighted by atomic mass is 19.1. The van der Waals surface area contributed by atoms with Crippen LogP contribution in [0.1, 0.15) is 43.4 Å². The molecular formula is C21H27FN4O3. The molecule has 4 N–H and O–H groups in total. The molecule has 156 valence electrons. The van der Waals surface area contributed by atoms with Gasteiger partial charge in [0, 0.05) is 43.2 Å². The van der Waals surface area contributed by atoms with Crippen molar-refractivity contribution in [3.8, 4) is 0 Å². The lowest BCUT2D eigenvalue weighted by Crippen LogP contribution is -2.38. The number of nitrogens with one attached hydrogen (secondary N) is 1. The zero-order chi connectivity index (χ0) is 20.9. The molecule has 1 unspecified atom stereocenters. The fourth-order valence-corrected chi connectivity index (χ4v) is 4.68. The summed E-state index contributed by atoms with van der Waals surface area (Å²) in [5.41, 5.74) is 8.45. The molecule has 0 bridgehead atoms. The van der Waals surface area contributed by atoms with E-state index in [2.05, 4.69) is 5.32 Å². The number of carboxylic acid groups (broad SMARTS) is 1. The van der Waals surface area contributed by atoms with Crippen molar-refractivity contribution >= 4 is 22.7 Å². The van der Waals surface area contributed by atoms with Crippen molar-refractivity contribution in [2.24, 2.45) is 11.7 Å². The number of pyridine rings is 1. The fourth-order valence-electron chi connectivity index (χ4n) is 4.68. The molecule has 1 saturated heterocycles. The molecule has 29 heavy (non-hydrogen) atoms. The lowest BCUT2D eigenvalue weighted by Gasteiger charge is -2.26. The van der Waals surface area contributed by atoms with Crippen LogP contribution in [0.2, 0.25) is 0 Å². The Hall–Kier alpha value is -2.61. The predicted octanol–water partition coefficient (Wildman–Crippen LogP) is 2.73. The summed E-state index contributed by atoms with van der Waals surface area (Å²) in [7, 11) is 0. The van der Waals surface area contributed by atoms with Crippen LogP contribution >= 0.6 is 0 Å². The van der Waals surface area contributed by atoms with Crippen LogP contribution in [0.25, 0.3) is 10.9 Å². The average Bonchev–Trinajstić information content (AvgIpc) is 3.37. The zero-order valence-corrected chi connectivity index (χ0v) is 16.7. The topological polar surface area (TPSA) is 101 Å². The van der Waals surface area contributed by atoms with E-state index in [4.69, 9.17) is 10.8 Å². The maximum absolute atomic E-state index is 15.3. The standard InChI is InChI=1S/C21H27FN4O3/c1-11-19-16(14(9-23)7-18(27)26(19)15-3-4-15)8-17(22)20(11)25-6-5-13(10-25)12(2)24-21(28)29/h7-8,12-13,15,24H,3-6,9-10,23H2,1-2H3,(H,28,29)/t12-,13?/m0/s1. The van der Waals surface area contributed by atoms with E-state index in [0.717, 1.165) is 30.3 Å². The SMILES string of the molecule is Cc1c(N2CCC([C@H](C)NC(=O)O)C2)c(F)cc2c(CN)cc(=O)n(C3CC3)c12. The molecule has 2 aromatic rings. The Balaban J connectivity index is 1.79. The Morgan fingerprint density at radius 1 is 1.38 bits per heavy atom. The summed E-state index contributed by atoms with van der Waals surface area (Å²) in [6.07, 6.45) is 1.63. The molecule has 2 atom stereocenters. The molecule has 2 heterocycles. The average molecular weight is 402 g/mol. The number of anilines is 1. The van der Waals surface area contributed by atoms with Crippen molar-refractivity contribution in [2.45, 2.75) is 51.7 Å². The van der Waals surface area contributed by atoms with Crippen LogP contribution in [0.3, 0.4) is 0 Å². The van der Waals surface area contributed by atoms with E-state index in [9.17, 15) is 9.59 Å². The van der Waals surface area contributed by atoms with Gasteiger partial charge in [0.25, 0.3) is 5.56 Å². The molecule has 1 aromatic heterocycles. The summed E-state index contributed by atoms with van der Waals surface area (Å²) in [5, 5.41) is 12.2. The molecule has 0 spiro atoms. The minimum absolute atomic E-state index is 0.0836. The molecule has 1 aliphatic carbocycles. The number of nitrogens with zero attached hydrogens (tertiary/aromatic N) is 2. The molecule has 1 amide bonds. The Labute approximate surface area is 168 Å². The highest BCUT2D eigenvalue weighted by molar-refractivity contribution is 5.90. The number of hydrogen-bond acceptors (Lipinski definition) is 4. The van der Waals surface area contributed by atoms with Gasteiger partial charge in [-0.05, 0) is 56.2 Å². The molecule has 1 aliphatic heterocycles. The molecule has 7 nitrogen and oxygen atoms in total. The quantitative estimate of drug-likeness (QED) is 0.714. The summed E-state index contributed by atoms with van der Waals surface area (Å²) >= 11 is 0. The van der Waals surface area contributed by atoms with Gasteiger partial charge in [0.15, 0.2) is 0 Å². The number of aromatic nitrogens is 1. The van der Waals surface area contributed by atoms with Crippen molar-refractivity contribution in [1.29, 1.82) is 0 Å². The Morgan fingerprint density at radius 2 is 2.10 bits per heavy atom. The lowest BCUT2D eigenvalue weighted by atomic mass is 10.0. The predicted molar refractivity (Wildman–Crippen MR) is 110 cm³/mol. The maximum Gasteiger partial charge on any atom is 0.404 e. The number of benzene rings is 1. The molecule has 1 saturated carbocycles. The molecular weight excluding hydrogens is 375 g/mol. The molecule has 8 heteroatoms. The first kappa shape index (κ1) is 19.7. The molecule has 1 aromatic carbocycles. The minimum Gasteiger partial charge on any atom is -0.465 e. The Bertz CT molecular complexity index is 1030. The second-order valence-corrected chi connectivity index (χ2v) is 8.27. The van der Waals surface area contributed by atoms with Crippen LogP contribution < -0.4 is 21.5 Å². The number of hydrogen-bond donors (Lipinski definition) is 3. The third kappa shape index (κ3) is 3.46. The van der Waals surface area contributed by atoms with Crippen LogP contribution in [-0.4, -0.2) is 34.9 Å². The first-order valence-electron chi connectivity index (χ1n) is 10.1. The van der Waals surface area contributed by atoms with Crippen molar-refractivity contribution in [3.05, 3.63) is 39.4 Å². The van der Waals surface area contributed by atoms with Crippen LogP contribution in [0.15, 0.2) is 16.9 Å². The van der Waals surface area contributed by atoms with Gasteiger partial charge in [-0.2, -0.15) is 0 Å². The summed E-state index contributed by atoms with van der Waals surface area (Å²) in [6, 6.07) is 2.99. The maximum atomic E-state index is 15.3. The van der Waals surface area contributed by atoms with Gasteiger partial charge in [0.05, 0.1) is 11.2 Å². The largest absolute Gasteiger partial charge is 0.465 e. The van der Waals surface area contributed by atoms with Gasteiger partial charge in [-0.15, -0.1) is 0 Å². The van der Waals surface area contributed by atoms with E-state index in [0.29, 0.717) is 29.7 Å². The van der Waals surface area contributed by atoms with E-state index < -0.39 is 6.09 Å². The highest BCUT2D eigenvalue weighted by Crippen LogP contribution is 2.40. The van der Waals surface area contributed by atoms with Crippen LogP contribution in [-0.2, 0) is 6.54 Å². The Kier molecular flexibility index (Phi) is 4.98. The van der Waals surface area contributed by atoms with Crippen molar-refractivity contribution in [2.75, 3.05) is 18.0 Å². The van der Waals surface area contributed by atoms with Gasteiger partial charge < -0.3 is 25.6 Å². The smallest absolute Gasteiger partial charge is 0.404 e. The number of nitrogens with two attached hydrogens (primary N) is 1. The first-order chi connectivity index (χ1) is 13.8.